The molecule has 5 nitrogen and oxygen atoms in total. The van der Waals surface area contributed by atoms with E-state index in [2.05, 4.69) is 56.8 Å². The summed E-state index contributed by atoms with van der Waals surface area (Å²) in [5, 5.41) is 3.06. The number of pyridine rings is 1. The lowest BCUT2D eigenvalue weighted by Gasteiger charge is -2.31. The number of rotatable bonds is 3. The zero-order valence-corrected chi connectivity index (χ0v) is 16.3. The van der Waals surface area contributed by atoms with E-state index in [1.165, 1.54) is 5.56 Å². The minimum absolute atomic E-state index is 0.202. The summed E-state index contributed by atoms with van der Waals surface area (Å²) in [5.74, 6) is -0.202. The molecule has 0 aliphatic carbocycles. The van der Waals surface area contributed by atoms with Gasteiger partial charge in [0.2, 0.25) is 0 Å². The van der Waals surface area contributed by atoms with Gasteiger partial charge in [0.1, 0.15) is 17.5 Å². The van der Waals surface area contributed by atoms with Crippen molar-refractivity contribution in [2.75, 3.05) is 4.90 Å². The van der Waals surface area contributed by atoms with Crippen molar-refractivity contribution in [3.05, 3.63) is 88.0 Å². The minimum atomic E-state index is -0.271. The third kappa shape index (κ3) is 3.12. The molecule has 26 heavy (non-hydrogen) atoms. The fraction of sp³-hybridized carbons (Fsp3) is 0.100. The number of benzene rings is 1. The number of nitrogens with zero attached hydrogens (tertiary/aromatic N) is 3. The summed E-state index contributed by atoms with van der Waals surface area (Å²) < 4.78 is 3.00. The topological polar surface area (TPSA) is 49.6 Å². The van der Waals surface area contributed by atoms with Crippen molar-refractivity contribution in [1.29, 1.82) is 0 Å². The summed E-state index contributed by atoms with van der Waals surface area (Å²) in [6.07, 6.45) is 11.2. The smallest absolute Gasteiger partial charge is 0.273 e. The number of carbonyl (C=O) groups excluding carboxylic acids is 1. The molecule has 2 aromatic heterocycles. The highest BCUT2D eigenvalue weighted by Gasteiger charge is 2.22. The summed E-state index contributed by atoms with van der Waals surface area (Å²) in [6, 6.07) is 11.9. The van der Waals surface area contributed by atoms with E-state index in [0.29, 0.717) is 5.69 Å². The van der Waals surface area contributed by atoms with E-state index in [9.17, 15) is 4.79 Å². The molecule has 130 valence electrons. The maximum Gasteiger partial charge on any atom is 0.273 e. The number of hydrogen-bond donors (Lipinski definition) is 1. The van der Waals surface area contributed by atoms with Crippen LogP contribution in [0.4, 0.5) is 5.69 Å². The molecule has 0 radical (unpaired) electrons. The van der Waals surface area contributed by atoms with Crippen molar-refractivity contribution < 1.29 is 4.79 Å². The second-order valence-corrected chi connectivity index (χ2v) is 7.13. The lowest BCUT2D eigenvalue weighted by Crippen LogP contribution is -2.46. The molecule has 0 saturated carbocycles. The second-order valence-electron chi connectivity index (χ2n) is 6.05. The van der Waals surface area contributed by atoms with Crippen LogP contribution >= 0.6 is 22.6 Å². The van der Waals surface area contributed by atoms with Crippen LogP contribution in [0.25, 0.3) is 5.65 Å². The molecule has 0 bridgehead atoms. The van der Waals surface area contributed by atoms with Crippen LogP contribution in [-0.2, 0) is 0 Å². The SMILES string of the molecule is Cc1cccc(N2C=CC=CC2NC(=O)c2cn3ccccc3n2)c1I. The predicted molar refractivity (Wildman–Crippen MR) is 111 cm³/mol. The number of imidazole rings is 1. The molecule has 6 heteroatoms. The summed E-state index contributed by atoms with van der Waals surface area (Å²) >= 11 is 2.34. The number of aryl methyl sites for hydroxylation is 1. The summed E-state index contributed by atoms with van der Waals surface area (Å²) in [5.41, 5.74) is 3.42. The molecule has 1 aromatic carbocycles. The Labute approximate surface area is 165 Å². The molecule has 1 unspecified atom stereocenters. The number of amides is 1. The Morgan fingerprint density at radius 2 is 2.08 bits per heavy atom. The average molecular weight is 456 g/mol. The van der Waals surface area contributed by atoms with E-state index in [1.807, 2.05) is 59.3 Å². The quantitative estimate of drug-likeness (QED) is 0.609. The highest BCUT2D eigenvalue weighted by Crippen LogP contribution is 2.28. The molecule has 1 aliphatic rings. The molecular weight excluding hydrogens is 439 g/mol. The van der Waals surface area contributed by atoms with Crippen LogP contribution in [0.1, 0.15) is 16.1 Å². The molecule has 4 rings (SSSR count). The van der Waals surface area contributed by atoms with Gasteiger partial charge in [-0.1, -0.05) is 24.3 Å². The van der Waals surface area contributed by atoms with Gasteiger partial charge in [-0.05, 0) is 65.4 Å². The predicted octanol–water partition coefficient (Wildman–Crippen LogP) is 3.89. The summed E-state index contributed by atoms with van der Waals surface area (Å²) in [4.78, 5) is 19.2. The Hall–Kier alpha value is -2.61. The van der Waals surface area contributed by atoms with Crippen LogP contribution in [0.2, 0.25) is 0 Å². The fourth-order valence-corrected chi connectivity index (χ4v) is 3.57. The minimum Gasteiger partial charge on any atom is -0.327 e. The number of nitrogens with one attached hydrogen (secondary N) is 1. The first-order valence-electron chi connectivity index (χ1n) is 8.26. The largest absolute Gasteiger partial charge is 0.327 e. The first-order valence-corrected chi connectivity index (χ1v) is 9.34. The summed E-state index contributed by atoms with van der Waals surface area (Å²) in [6.45, 7) is 2.08. The monoisotopic (exact) mass is 456 g/mol. The highest BCUT2D eigenvalue weighted by atomic mass is 127. The molecule has 0 fully saturated rings. The van der Waals surface area contributed by atoms with E-state index >= 15 is 0 Å². The maximum absolute atomic E-state index is 12.7. The molecule has 1 aliphatic heterocycles. The second kappa shape index (κ2) is 6.95. The third-order valence-corrected chi connectivity index (χ3v) is 5.68. The van der Waals surface area contributed by atoms with Crippen LogP contribution in [0.5, 0.6) is 0 Å². The maximum atomic E-state index is 12.7. The Bertz CT molecular complexity index is 1000. The van der Waals surface area contributed by atoms with E-state index < -0.39 is 0 Å². The number of hydrogen-bond acceptors (Lipinski definition) is 3. The van der Waals surface area contributed by atoms with Gasteiger partial charge < -0.3 is 14.6 Å². The van der Waals surface area contributed by atoms with Crippen molar-refractivity contribution in [2.45, 2.75) is 13.1 Å². The van der Waals surface area contributed by atoms with Crippen molar-refractivity contribution in [3.8, 4) is 0 Å². The highest BCUT2D eigenvalue weighted by molar-refractivity contribution is 14.1. The van der Waals surface area contributed by atoms with Gasteiger partial charge in [0, 0.05) is 22.2 Å². The Morgan fingerprint density at radius 3 is 2.92 bits per heavy atom. The number of carbonyl (C=O) groups is 1. The number of fused-ring (bicyclic) bond motifs is 1. The van der Waals surface area contributed by atoms with Gasteiger partial charge in [0.15, 0.2) is 0 Å². The van der Waals surface area contributed by atoms with Crippen LogP contribution in [0.3, 0.4) is 0 Å². The number of anilines is 1. The van der Waals surface area contributed by atoms with Gasteiger partial charge >= 0.3 is 0 Å². The third-order valence-electron chi connectivity index (χ3n) is 4.28. The Morgan fingerprint density at radius 1 is 1.19 bits per heavy atom. The van der Waals surface area contributed by atoms with Crippen molar-refractivity contribution in [2.24, 2.45) is 0 Å². The normalized spacial score (nSPS) is 16.2. The van der Waals surface area contributed by atoms with Gasteiger partial charge in [-0.3, -0.25) is 4.79 Å². The fourth-order valence-electron chi connectivity index (χ4n) is 2.93. The van der Waals surface area contributed by atoms with Crippen LogP contribution in [-0.4, -0.2) is 21.5 Å². The van der Waals surface area contributed by atoms with Crippen LogP contribution in [0, 0.1) is 10.5 Å². The first kappa shape index (κ1) is 16.8. The Balaban J connectivity index is 1.61. The number of aromatic nitrogens is 2. The van der Waals surface area contributed by atoms with Crippen molar-refractivity contribution >= 4 is 39.8 Å². The van der Waals surface area contributed by atoms with Crippen LogP contribution < -0.4 is 10.2 Å². The number of halogens is 1. The molecular formula is C20H17IN4O. The zero-order chi connectivity index (χ0) is 18.1. The van der Waals surface area contributed by atoms with Crippen molar-refractivity contribution in [3.63, 3.8) is 0 Å². The van der Waals surface area contributed by atoms with E-state index in [4.69, 9.17) is 0 Å². The molecule has 0 saturated heterocycles. The van der Waals surface area contributed by atoms with E-state index in [-0.39, 0.29) is 12.1 Å². The van der Waals surface area contributed by atoms with E-state index in [0.717, 1.165) is 14.9 Å². The zero-order valence-electron chi connectivity index (χ0n) is 14.1. The first-order chi connectivity index (χ1) is 12.6. The Kier molecular flexibility index (Phi) is 4.50. The van der Waals surface area contributed by atoms with Gasteiger partial charge in [-0.25, -0.2) is 4.98 Å². The lowest BCUT2D eigenvalue weighted by atomic mass is 10.2. The standard InChI is InChI=1S/C20H17IN4O/c1-14-7-6-8-16(19(14)21)25-12-5-3-10-18(25)23-20(26)15-13-24-11-4-2-9-17(24)22-15/h2-13,18H,1H3,(H,23,26). The molecule has 3 heterocycles. The van der Waals surface area contributed by atoms with Gasteiger partial charge in [0.05, 0.1) is 5.69 Å². The molecule has 1 atom stereocenters. The molecule has 1 amide bonds. The molecule has 0 spiro atoms. The lowest BCUT2D eigenvalue weighted by molar-refractivity contribution is 0.0940. The van der Waals surface area contributed by atoms with Crippen LogP contribution in [0.15, 0.2) is 73.2 Å². The van der Waals surface area contributed by atoms with Gasteiger partial charge in [0.25, 0.3) is 5.91 Å². The van der Waals surface area contributed by atoms with E-state index in [1.54, 1.807) is 6.20 Å². The van der Waals surface area contributed by atoms with Gasteiger partial charge in [-0.15, -0.1) is 0 Å². The average Bonchev–Trinajstić information content (AvgIpc) is 3.09. The van der Waals surface area contributed by atoms with Gasteiger partial charge in [-0.2, -0.15) is 0 Å². The molecule has 1 N–H and O–H groups in total. The van der Waals surface area contributed by atoms with Crippen molar-refractivity contribution in [1.82, 2.24) is 14.7 Å². The number of allylic oxidation sites excluding steroid dienone is 2. The summed E-state index contributed by atoms with van der Waals surface area (Å²) in [7, 11) is 0. The molecule has 3 aromatic rings.